The molecule has 0 unspecified atom stereocenters. The van der Waals surface area contributed by atoms with Gasteiger partial charge in [0.05, 0.1) is 5.92 Å². The molecule has 0 bridgehead atoms. The van der Waals surface area contributed by atoms with Crippen LogP contribution in [0.25, 0.3) is 0 Å². The Balaban J connectivity index is 1.53. The number of carbonyl (C=O) groups is 2. The van der Waals surface area contributed by atoms with Crippen LogP contribution >= 0.6 is 0 Å². The molecule has 1 N–H and O–H groups in total. The Labute approximate surface area is 137 Å². The van der Waals surface area contributed by atoms with Gasteiger partial charge in [0.25, 0.3) is 0 Å². The lowest BCUT2D eigenvalue weighted by atomic mass is 9.93. The van der Waals surface area contributed by atoms with Crippen LogP contribution in [0.5, 0.6) is 0 Å². The number of nitrogens with zero attached hydrogens (tertiary/aromatic N) is 1. The van der Waals surface area contributed by atoms with Crippen molar-refractivity contribution in [2.45, 2.75) is 51.3 Å². The van der Waals surface area contributed by atoms with Crippen LogP contribution < -0.4 is 5.32 Å². The van der Waals surface area contributed by atoms with Crippen molar-refractivity contribution in [3.05, 3.63) is 35.9 Å². The van der Waals surface area contributed by atoms with Crippen molar-refractivity contribution in [1.29, 1.82) is 0 Å². The minimum Gasteiger partial charge on any atom is -0.445 e. The van der Waals surface area contributed by atoms with Crippen molar-refractivity contribution >= 4 is 12.0 Å². The molecule has 1 saturated heterocycles. The van der Waals surface area contributed by atoms with Gasteiger partial charge in [-0.3, -0.25) is 4.79 Å². The summed E-state index contributed by atoms with van der Waals surface area (Å²) in [7, 11) is 0. The molecule has 124 valence electrons. The SMILES string of the molecule is C[C@H]1CC[C@@H](C(=O)NC2CC2)CN1C(=O)OCc1ccccc1. The van der Waals surface area contributed by atoms with E-state index in [9.17, 15) is 9.59 Å². The van der Waals surface area contributed by atoms with Crippen LogP contribution in [0.4, 0.5) is 4.79 Å². The minimum atomic E-state index is -0.328. The normalized spacial score (nSPS) is 24.1. The van der Waals surface area contributed by atoms with E-state index in [4.69, 9.17) is 4.74 Å². The van der Waals surface area contributed by atoms with E-state index in [1.807, 2.05) is 37.3 Å². The summed E-state index contributed by atoms with van der Waals surface area (Å²) in [5, 5.41) is 3.04. The molecule has 2 aliphatic rings. The highest BCUT2D eigenvalue weighted by atomic mass is 16.6. The highest BCUT2D eigenvalue weighted by Gasteiger charge is 2.35. The second-order valence-corrected chi connectivity index (χ2v) is 6.60. The van der Waals surface area contributed by atoms with Crippen LogP contribution in [0.2, 0.25) is 0 Å². The number of nitrogens with one attached hydrogen (secondary N) is 1. The van der Waals surface area contributed by atoms with Gasteiger partial charge in [0.2, 0.25) is 5.91 Å². The first kappa shape index (κ1) is 15.8. The topological polar surface area (TPSA) is 58.6 Å². The first-order chi connectivity index (χ1) is 11.1. The van der Waals surface area contributed by atoms with E-state index in [1.54, 1.807) is 4.90 Å². The van der Waals surface area contributed by atoms with Gasteiger partial charge in [-0.1, -0.05) is 30.3 Å². The maximum Gasteiger partial charge on any atom is 0.410 e. The fraction of sp³-hybridized carbons (Fsp3) is 0.556. The monoisotopic (exact) mass is 316 g/mol. The molecule has 5 heteroatoms. The summed E-state index contributed by atoms with van der Waals surface area (Å²) in [6.07, 6.45) is 3.51. The highest BCUT2D eigenvalue weighted by Crippen LogP contribution is 2.25. The molecule has 1 saturated carbocycles. The van der Waals surface area contributed by atoms with E-state index in [1.165, 1.54) is 0 Å². The molecule has 0 radical (unpaired) electrons. The first-order valence-electron chi connectivity index (χ1n) is 8.41. The van der Waals surface area contributed by atoms with Crippen LogP contribution in [-0.4, -0.2) is 35.5 Å². The summed E-state index contributed by atoms with van der Waals surface area (Å²) in [5.74, 6) is -0.0312. The smallest absolute Gasteiger partial charge is 0.410 e. The van der Waals surface area contributed by atoms with Gasteiger partial charge in [-0.15, -0.1) is 0 Å². The molecule has 0 aromatic heterocycles. The number of benzene rings is 1. The molecule has 1 heterocycles. The van der Waals surface area contributed by atoms with Crippen LogP contribution in [0, 0.1) is 5.92 Å². The van der Waals surface area contributed by atoms with E-state index < -0.39 is 0 Å². The fourth-order valence-electron chi connectivity index (χ4n) is 2.92. The molecule has 1 aromatic rings. The van der Waals surface area contributed by atoms with Gasteiger partial charge >= 0.3 is 6.09 Å². The molecule has 23 heavy (non-hydrogen) atoms. The number of amides is 2. The van der Waals surface area contributed by atoms with E-state index in [-0.39, 0.29) is 30.6 Å². The molecule has 2 atom stereocenters. The first-order valence-corrected chi connectivity index (χ1v) is 8.41. The van der Waals surface area contributed by atoms with Gasteiger partial charge in [0.15, 0.2) is 0 Å². The molecular formula is C18H24N2O3. The van der Waals surface area contributed by atoms with Gasteiger partial charge < -0.3 is 15.0 Å². The number of ether oxygens (including phenoxy) is 1. The summed E-state index contributed by atoms with van der Waals surface area (Å²) in [6, 6.07) is 10.1. The summed E-state index contributed by atoms with van der Waals surface area (Å²) in [4.78, 5) is 26.3. The average Bonchev–Trinajstić information content (AvgIpc) is 3.38. The zero-order valence-corrected chi connectivity index (χ0v) is 13.5. The highest BCUT2D eigenvalue weighted by molar-refractivity contribution is 5.80. The van der Waals surface area contributed by atoms with Crippen molar-refractivity contribution in [2.24, 2.45) is 5.92 Å². The Morgan fingerprint density at radius 1 is 1.17 bits per heavy atom. The summed E-state index contributed by atoms with van der Waals surface area (Å²) < 4.78 is 5.41. The number of hydrogen-bond donors (Lipinski definition) is 1. The Hall–Kier alpha value is -2.04. The largest absolute Gasteiger partial charge is 0.445 e. The average molecular weight is 316 g/mol. The molecule has 2 fully saturated rings. The molecule has 5 nitrogen and oxygen atoms in total. The van der Waals surface area contributed by atoms with Crippen LogP contribution in [-0.2, 0) is 16.1 Å². The van der Waals surface area contributed by atoms with Crippen LogP contribution in [0.15, 0.2) is 30.3 Å². The predicted octanol–water partition coefficient (Wildman–Crippen LogP) is 2.70. The van der Waals surface area contributed by atoms with Crippen molar-refractivity contribution in [2.75, 3.05) is 6.54 Å². The quantitative estimate of drug-likeness (QED) is 0.929. The number of hydrogen-bond acceptors (Lipinski definition) is 3. The standard InChI is InChI=1S/C18H24N2O3/c1-13-7-8-15(17(21)19-16-9-10-16)11-20(13)18(22)23-12-14-5-3-2-4-6-14/h2-6,13,15-16H,7-12H2,1H3,(H,19,21)/t13-,15+/m0/s1. The van der Waals surface area contributed by atoms with Gasteiger partial charge in [-0.05, 0) is 38.2 Å². The maximum atomic E-state index is 12.4. The number of likely N-dealkylation sites (tertiary alicyclic amines) is 1. The number of piperidine rings is 1. The third-order valence-corrected chi connectivity index (χ3v) is 4.62. The molecular weight excluding hydrogens is 292 g/mol. The predicted molar refractivity (Wildman–Crippen MR) is 86.7 cm³/mol. The van der Waals surface area contributed by atoms with E-state index >= 15 is 0 Å². The Kier molecular flexibility index (Phi) is 4.84. The zero-order chi connectivity index (χ0) is 16.2. The van der Waals surface area contributed by atoms with Gasteiger partial charge in [-0.2, -0.15) is 0 Å². The van der Waals surface area contributed by atoms with Crippen LogP contribution in [0.3, 0.4) is 0 Å². The second-order valence-electron chi connectivity index (χ2n) is 6.60. The maximum absolute atomic E-state index is 12.4. The lowest BCUT2D eigenvalue weighted by Crippen LogP contribution is -2.49. The molecule has 3 rings (SSSR count). The molecule has 2 amide bonds. The molecule has 1 aliphatic heterocycles. The van der Waals surface area contributed by atoms with E-state index in [0.717, 1.165) is 31.2 Å². The van der Waals surface area contributed by atoms with Crippen molar-refractivity contribution in [1.82, 2.24) is 10.2 Å². The summed E-state index contributed by atoms with van der Waals surface area (Å²) in [5.41, 5.74) is 0.966. The molecule has 1 aromatic carbocycles. The summed E-state index contributed by atoms with van der Waals surface area (Å²) in [6.45, 7) is 2.73. The lowest BCUT2D eigenvalue weighted by Gasteiger charge is -2.36. The van der Waals surface area contributed by atoms with Gasteiger partial charge in [0, 0.05) is 18.6 Å². The van der Waals surface area contributed by atoms with Crippen molar-refractivity contribution in [3.63, 3.8) is 0 Å². The number of rotatable bonds is 4. The van der Waals surface area contributed by atoms with E-state index in [0.29, 0.717) is 12.6 Å². The Morgan fingerprint density at radius 2 is 1.91 bits per heavy atom. The fourth-order valence-corrected chi connectivity index (χ4v) is 2.92. The van der Waals surface area contributed by atoms with Gasteiger partial charge in [0.1, 0.15) is 6.61 Å². The molecule has 1 aliphatic carbocycles. The van der Waals surface area contributed by atoms with Crippen molar-refractivity contribution < 1.29 is 14.3 Å². The lowest BCUT2D eigenvalue weighted by molar-refractivity contribution is -0.127. The summed E-state index contributed by atoms with van der Waals surface area (Å²) >= 11 is 0. The zero-order valence-electron chi connectivity index (χ0n) is 13.5. The van der Waals surface area contributed by atoms with E-state index in [2.05, 4.69) is 5.32 Å². The van der Waals surface area contributed by atoms with Crippen LogP contribution in [0.1, 0.15) is 38.2 Å². The minimum absolute atomic E-state index is 0.0836. The third-order valence-electron chi connectivity index (χ3n) is 4.62. The molecule has 0 spiro atoms. The second kappa shape index (κ2) is 7.02. The Bertz CT molecular complexity index is 557. The van der Waals surface area contributed by atoms with Gasteiger partial charge in [-0.25, -0.2) is 4.79 Å². The number of carbonyl (C=O) groups excluding carboxylic acids is 2. The third kappa shape index (κ3) is 4.24. The Morgan fingerprint density at radius 3 is 2.61 bits per heavy atom. The van der Waals surface area contributed by atoms with Crippen molar-refractivity contribution in [3.8, 4) is 0 Å².